The van der Waals surface area contributed by atoms with Crippen molar-refractivity contribution in [2.75, 3.05) is 0 Å². The molecule has 20 heavy (non-hydrogen) atoms. The van der Waals surface area contributed by atoms with E-state index in [-0.39, 0.29) is 0 Å². The molecule has 0 unspecified atom stereocenters. The summed E-state index contributed by atoms with van der Waals surface area (Å²) in [5.41, 5.74) is 3.72. The van der Waals surface area contributed by atoms with Crippen LogP contribution in [0.15, 0.2) is 34.9 Å². The van der Waals surface area contributed by atoms with E-state index in [2.05, 4.69) is 37.4 Å². The van der Waals surface area contributed by atoms with Gasteiger partial charge < -0.3 is 14.5 Å². The standard InChI is InChI=1S/C17H21NO2/c1-12-3-6-16(7-13(12)2)20-11-17-8-14(10-19-17)9-18-15-4-5-15/h3,6-8,10,15,18H,4-5,9,11H2,1-2H3. The zero-order chi connectivity index (χ0) is 13.9. The van der Waals surface area contributed by atoms with Crippen LogP contribution in [0.25, 0.3) is 0 Å². The van der Waals surface area contributed by atoms with Crippen molar-refractivity contribution in [2.45, 2.75) is 45.9 Å². The minimum Gasteiger partial charge on any atom is -0.486 e. The first-order chi connectivity index (χ1) is 9.70. The number of hydrogen-bond donors (Lipinski definition) is 1. The summed E-state index contributed by atoms with van der Waals surface area (Å²) in [6, 6.07) is 8.93. The molecule has 0 aliphatic heterocycles. The molecule has 0 spiro atoms. The first kappa shape index (κ1) is 13.3. The van der Waals surface area contributed by atoms with E-state index < -0.39 is 0 Å². The Bertz CT molecular complexity index is 584. The van der Waals surface area contributed by atoms with Crippen LogP contribution in [-0.4, -0.2) is 6.04 Å². The maximum Gasteiger partial charge on any atom is 0.146 e. The highest BCUT2D eigenvalue weighted by Gasteiger charge is 2.20. The third-order valence-electron chi connectivity index (χ3n) is 3.74. The van der Waals surface area contributed by atoms with E-state index >= 15 is 0 Å². The lowest BCUT2D eigenvalue weighted by molar-refractivity contribution is 0.270. The average molecular weight is 271 g/mol. The summed E-state index contributed by atoms with van der Waals surface area (Å²) in [6.45, 7) is 5.56. The summed E-state index contributed by atoms with van der Waals surface area (Å²) < 4.78 is 11.3. The van der Waals surface area contributed by atoms with Gasteiger partial charge in [-0.1, -0.05) is 6.07 Å². The van der Waals surface area contributed by atoms with Gasteiger partial charge in [0.2, 0.25) is 0 Å². The Balaban J connectivity index is 1.53. The van der Waals surface area contributed by atoms with Crippen LogP contribution in [0.4, 0.5) is 0 Å². The van der Waals surface area contributed by atoms with Crippen molar-refractivity contribution >= 4 is 0 Å². The van der Waals surface area contributed by atoms with E-state index in [1.54, 1.807) is 0 Å². The molecule has 3 rings (SSSR count). The van der Waals surface area contributed by atoms with Crippen LogP contribution in [0, 0.1) is 13.8 Å². The van der Waals surface area contributed by atoms with Gasteiger partial charge in [-0.25, -0.2) is 0 Å². The lowest BCUT2D eigenvalue weighted by Gasteiger charge is -2.06. The maximum atomic E-state index is 5.76. The minimum atomic E-state index is 0.478. The predicted molar refractivity (Wildman–Crippen MR) is 78.8 cm³/mol. The first-order valence-electron chi connectivity index (χ1n) is 7.20. The first-order valence-corrected chi connectivity index (χ1v) is 7.20. The number of nitrogens with one attached hydrogen (secondary N) is 1. The fourth-order valence-electron chi connectivity index (χ4n) is 2.10. The van der Waals surface area contributed by atoms with Crippen LogP contribution in [-0.2, 0) is 13.2 Å². The molecule has 0 amide bonds. The van der Waals surface area contributed by atoms with Gasteiger partial charge in [0.25, 0.3) is 0 Å². The molecule has 1 aliphatic rings. The third kappa shape index (κ3) is 3.42. The average Bonchev–Trinajstić information content (AvgIpc) is 3.16. The Morgan fingerprint density at radius 3 is 2.80 bits per heavy atom. The van der Waals surface area contributed by atoms with E-state index in [9.17, 15) is 0 Å². The van der Waals surface area contributed by atoms with Crippen molar-refractivity contribution in [1.29, 1.82) is 0 Å². The van der Waals surface area contributed by atoms with Crippen molar-refractivity contribution in [3.8, 4) is 5.75 Å². The van der Waals surface area contributed by atoms with Gasteiger partial charge in [-0.05, 0) is 56.0 Å². The summed E-state index contributed by atoms with van der Waals surface area (Å²) >= 11 is 0. The number of aryl methyl sites for hydroxylation is 2. The zero-order valence-electron chi connectivity index (χ0n) is 12.1. The number of furan rings is 1. The summed E-state index contributed by atoms with van der Waals surface area (Å²) in [5.74, 6) is 1.76. The smallest absolute Gasteiger partial charge is 0.146 e. The largest absolute Gasteiger partial charge is 0.486 e. The molecule has 3 nitrogen and oxygen atoms in total. The van der Waals surface area contributed by atoms with E-state index in [1.165, 1.54) is 29.5 Å². The molecule has 2 aromatic rings. The second-order valence-electron chi connectivity index (χ2n) is 5.61. The maximum absolute atomic E-state index is 5.76. The molecule has 0 radical (unpaired) electrons. The van der Waals surface area contributed by atoms with Gasteiger partial charge in [0.15, 0.2) is 0 Å². The summed E-state index contributed by atoms with van der Waals surface area (Å²) in [4.78, 5) is 0. The van der Waals surface area contributed by atoms with Gasteiger partial charge in [0, 0.05) is 18.2 Å². The lowest BCUT2D eigenvalue weighted by atomic mass is 10.1. The Hall–Kier alpha value is -1.74. The SMILES string of the molecule is Cc1ccc(OCc2cc(CNC3CC3)co2)cc1C. The minimum absolute atomic E-state index is 0.478. The molecule has 1 saturated carbocycles. The zero-order valence-corrected chi connectivity index (χ0v) is 12.1. The second kappa shape index (κ2) is 5.71. The van der Waals surface area contributed by atoms with Crippen LogP contribution in [0.2, 0.25) is 0 Å². The molecule has 1 fully saturated rings. The highest BCUT2D eigenvalue weighted by atomic mass is 16.5. The van der Waals surface area contributed by atoms with Gasteiger partial charge in [0.05, 0.1) is 6.26 Å². The molecule has 1 N–H and O–H groups in total. The number of rotatable bonds is 6. The van der Waals surface area contributed by atoms with Gasteiger partial charge in [0.1, 0.15) is 18.1 Å². The van der Waals surface area contributed by atoms with Gasteiger partial charge in [-0.15, -0.1) is 0 Å². The van der Waals surface area contributed by atoms with E-state index in [0.717, 1.165) is 24.1 Å². The van der Waals surface area contributed by atoms with E-state index in [0.29, 0.717) is 6.61 Å². The van der Waals surface area contributed by atoms with Gasteiger partial charge >= 0.3 is 0 Å². The topological polar surface area (TPSA) is 34.4 Å². The third-order valence-corrected chi connectivity index (χ3v) is 3.74. The Morgan fingerprint density at radius 2 is 2.05 bits per heavy atom. The normalized spacial score (nSPS) is 14.5. The summed E-state index contributed by atoms with van der Waals surface area (Å²) in [6.07, 6.45) is 4.43. The van der Waals surface area contributed by atoms with Gasteiger partial charge in [-0.2, -0.15) is 0 Å². The van der Waals surface area contributed by atoms with Crippen LogP contribution in [0.1, 0.15) is 35.3 Å². The van der Waals surface area contributed by atoms with Crippen molar-refractivity contribution in [2.24, 2.45) is 0 Å². The molecule has 0 bridgehead atoms. The molecule has 0 atom stereocenters. The number of hydrogen-bond acceptors (Lipinski definition) is 3. The quantitative estimate of drug-likeness (QED) is 0.869. The predicted octanol–water partition coefficient (Wildman–Crippen LogP) is 3.73. The van der Waals surface area contributed by atoms with Crippen LogP contribution >= 0.6 is 0 Å². The fourth-order valence-corrected chi connectivity index (χ4v) is 2.10. The Labute approximate surface area is 119 Å². The monoisotopic (exact) mass is 271 g/mol. The Morgan fingerprint density at radius 1 is 1.20 bits per heavy atom. The molecular formula is C17H21NO2. The molecule has 0 saturated heterocycles. The molecule has 106 valence electrons. The van der Waals surface area contributed by atoms with Crippen molar-refractivity contribution in [1.82, 2.24) is 5.32 Å². The van der Waals surface area contributed by atoms with Crippen LogP contribution < -0.4 is 10.1 Å². The van der Waals surface area contributed by atoms with Crippen molar-refractivity contribution in [3.05, 3.63) is 53.0 Å². The van der Waals surface area contributed by atoms with E-state index in [1.807, 2.05) is 12.3 Å². The molecule has 1 heterocycles. The highest BCUT2D eigenvalue weighted by molar-refractivity contribution is 5.33. The summed E-state index contributed by atoms with van der Waals surface area (Å²) in [7, 11) is 0. The fraction of sp³-hybridized carbons (Fsp3) is 0.412. The van der Waals surface area contributed by atoms with Crippen molar-refractivity contribution in [3.63, 3.8) is 0 Å². The highest BCUT2D eigenvalue weighted by Crippen LogP contribution is 2.21. The number of ether oxygens (including phenoxy) is 1. The lowest BCUT2D eigenvalue weighted by Crippen LogP contribution is -2.14. The summed E-state index contributed by atoms with van der Waals surface area (Å²) in [5, 5.41) is 3.47. The molecule has 1 aromatic heterocycles. The molecular weight excluding hydrogens is 250 g/mol. The van der Waals surface area contributed by atoms with E-state index in [4.69, 9.17) is 9.15 Å². The number of benzene rings is 1. The molecule has 3 heteroatoms. The van der Waals surface area contributed by atoms with Crippen molar-refractivity contribution < 1.29 is 9.15 Å². The molecule has 1 aliphatic carbocycles. The van der Waals surface area contributed by atoms with Gasteiger partial charge in [-0.3, -0.25) is 0 Å². The van der Waals surface area contributed by atoms with Crippen LogP contribution in [0.3, 0.4) is 0 Å². The Kier molecular flexibility index (Phi) is 3.79. The van der Waals surface area contributed by atoms with Crippen LogP contribution in [0.5, 0.6) is 5.75 Å². The molecule has 1 aromatic carbocycles. The second-order valence-corrected chi connectivity index (χ2v) is 5.61.